The normalized spacial score (nSPS) is 12.5. The Kier molecular flexibility index (Phi) is 1.68. The van der Waals surface area contributed by atoms with Crippen molar-refractivity contribution >= 4 is 0 Å². The van der Waals surface area contributed by atoms with Crippen LogP contribution in [-0.4, -0.2) is 5.11 Å². The highest BCUT2D eigenvalue weighted by molar-refractivity contribution is 5.51. The molecule has 0 aromatic heterocycles. The standard InChI is InChI=1S/C13H10O2/c14-11-5-6-13-10(8-11)7-9-3-1-2-4-12(9)15-13/h1-6,8,14H,7H2. The van der Waals surface area contributed by atoms with Gasteiger partial charge in [0.25, 0.3) is 0 Å². The van der Waals surface area contributed by atoms with Gasteiger partial charge in [-0.15, -0.1) is 0 Å². The van der Waals surface area contributed by atoms with Gasteiger partial charge in [-0.05, 0) is 29.8 Å². The number of phenolic OH excluding ortho intramolecular Hbond substituents is 1. The molecule has 2 aromatic rings. The summed E-state index contributed by atoms with van der Waals surface area (Å²) in [5, 5.41) is 9.38. The molecule has 2 aromatic carbocycles. The van der Waals surface area contributed by atoms with Gasteiger partial charge in [-0.2, -0.15) is 0 Å². The maximum atomic E-state index is 9.38. The largest absolute Gasteiger partial charge is 0.508 e. The molecule has 0 fully saturated rings. The number of para-hydroxylation sites is 1. The van der Waals surface area contributed by atoms with E-state index in [0.717, 1.165) is 29.0 Å². The van der Waals surface area contributed by atoms with E-state index in [2.05, 4.69) is 0 Å². The smallest absolute Gasteiger partial charge is 0.131 e. The van der Waals surface area contributed by atoms with E-state index in [-0.39, 0.29) is 5.75 Å². The Morgan fingerprint density at radius 1 is 0.933 bits per heavy atom. The number of benzene rings is 2. The molecule has 0 amide bonds. The van der Waals surface area contributed by atoms with E-state index < -0.39 is 0 Å². The lowest BCUT2D eigenvalue weighted by molar-refractivity contribution is 0.449. The zero-order valence-corrected chi connectivity index (χ0v) is 8.10. The van der Waals surface area contributed by atoms with Crippen LogP contribution in [0.1, 0.15) is 11.1 Å². The Labute approximate surface area is 87.8 Å². The molecular weight excluding hydrogens is 188 g/mol. The maximum Gasteiger partial charge on any atom is 0.131 e. The first kappa shape index (κ1) is 8.36. The Morgan fingerprint density at radius 3 is 2.67 bits per heavy atom. The average Bonchev–Trinajstić information content (AvgIpc) is 2.26. The maximum absolute atomic E-state index is 9.38. The summed E-state index contributed by atoms with van der Waals surface area (Å²) < 4.78 is 5.72. The molecule has 1 N–H and O–H groups in total. The minimum absolute atomic E-state index is 0.289. The van der Waals surface area contributed by atoms with Gasteiger partial charge in [-0.1, -0.05) is 18.2 Å². The lowest BCUT2D eigenvalue weighted by Crippen LogP contribution is -2.02. The molecule has 0 aliphatic carbocycles. The van der Waals surface area contributed by atoms with Gasteiger partial charge in [-0.25, -0.2) is 0 Å². The molecule has 3 rings (SSSR count). The summed E-state index contributed by atoms with van der Waals surface area (Å²) in [5.41, 5.74) is 2.20. The van der Waals surface area contributed by atoms with Crippen LogP contribution >= 0.6 is 0 Å². The van der Waals surface area contributed by atoms with E-state index in [1.807, 2.05) is 24.3 Å². The molecule has 0 bridgehead atoms. The van der Waals surface area contributed by atoms with Crippen molar-refractivity contribution < 1.29 is 9.84 Å². The highest BCUT2D eigenvalue weighted by Crippen LogP contribution is 2.37. The fourth-order valence-electron chi connectivity index (χ4n) is 1.88. The van der Waals surface area contributed by atoms with E-state index in [0.29, 0.717) is 0 Å². The van der Waals surface area contributed by atoms with Crippen molar-refractivity contribution in [3.8, 4) is 17.2 Å². The predicted octanol–water partition coefficient (Wildman–Crippen LogP) is 3.09. The van der Waals surface area contributed by atoms with Crippen LogP contribution < -0.4 is 4.74 Å². The van der Waals surface area contributed by atoms with Gasteiger partial charge >= 0.3 is 0 Å². The highest BCUT2D eigenvalue weighted by atomic mass is 16.5. The van der Waals surface area contributed by atoms with Gasteiger partial charge in [0.2, 0.25) is 0 Å². The molecule has 1 aliphatic heterocycles. The summed E-state index contributed by atoms with van der Waals surface area (Å²) in [7, 11) is 0. The van der Waals surface area contributed by atoms with Gasteiger partial charge in [0.15, 0.2) is 0 Å². The number of hydrogen-bond donors (Lipinski definition) is 1. The second-order valence-corrected chi connectivity index (χ2v) is 3.68. The number of ether oxygens (including phenoxy) is 1. The van der Waals surface area contributed by atoms with E-state index in [1.54, 1.807) is 18.2 Å². The molecule has 15 heavy (non-hydrogen) atoms. The van der Waals surface area contributed by atoms with Crippen LogP contribution in [0, 0.1) is 0 Å². The van der Waals surface area contributed by atoms with Crippen molar-refractivity contribution in [2.24, 2.45) is 0 Å². The molecule has 0 radical (unpaired) electrons. The van der Waals surface area contributed by atoms with Crippen LogP contribution in [0.2, 0.25) is 0 Å². The van der Waals surface area contributed by atoms with Crippen LogP contribution in [0.25, 0.3) is 0 Å². The third-order valence-electron chi connectivity index (χ3n) is 2.62. The highest BCUT2D eigenvalue weighted by Gasteiger charge is 2.16. The van der Waals surface area contributed by atoms with E-state index >= 15 is 0 Å². The summed E-state index contributed by atoms with van der Waals surface area (Å²) in [6, 6.07) is 13.2. The zero-order valence-electron chi connectivity index (χ0n) is 8.10. The van der Waals surface area contributed by atoms with Crippen LogP contribution in [0.3, 0.4) is 0 Å². The summed E-state index contributed by atoms with van der Waals surface area (Å²) >= 11 is 0. The van der Waals surface area contributed by atoms with Gasteiger partial charge in [0.05, 0.1) is 0 Å². The second-order valence-electron chi connectivity index (χ2n) is 3.68. The number of rotatable bonds is 0. The van der Waals surface area contributed by atoms with Gasteiger partial charge in [0, 0.05) is 12.0 Å². The first-order valence-corrected chi connectivity index (χ1v) is 4.90. The summed E-state index contributed by atoms with van der Waals surface area (Å²) in [4.78, 5) is 0. The quantitative estimate of drug-likeness (QED) is 0.601. The predicted molar refractivity (Wildman–Crippen MR) is 57.4 cm³/mol. The monoisotopic (exact) mass is 198 g/mol. The topological polar surface area (TPSA) is 29.5 Å². The Hall–Kier alpha value is -1.96. The summed E-state index contributed by atoms with van der Waals surface area (Å²) in [5.74, 6) is 2.04. The summed E-state index contributed by atoms with van der Waals surface area (Å²) in [6.45, 7) is 0. The molecule has 74 valence electrons. The SMILES string of the molecule is Oc1ccc2c(c1)Cc1ccccc1O2. The first-order valence-electron chi connectivity index (χ1n) is 4.90. The molecule has 0 atom stereocenters. The molecule has 0 saturated carbocycles. The van der Waals surface area contributed by atoms with E-state index in [9.17, 15) is 5.11 Å². The lowest BCUT2D eigenvalue weighted by Gasteiger charge is -2.19. The van der Waals surface area contributed by atoms with Crippen LogP contribution in [0.15, 0.2) is 42.5 Å². The summed E-state index contributed by atoms with van der Waals surface area (Å²) in [6.07, 6.45) is 0.819. The first-order chi connectivity index (χ1) is 7.33. The number of fused-ring (bicyclic) bond motifs is 2. The molecule has 2 nitrogen and oxygen atoms in total. The third kappa shape index (κ3) is 1.34. The molecule has 2 heteroatoms. The van der Waals surface area contributed by atoms with Crippen LogP contribution in [0.4, 0.5) is 0 Å². The number of hydrogen-bond acceptors (Lipinski definition) is 2. The molecule has 0 saturated heterocycles. The molecule has 1 heterocycles. The minimum atomic E-state index is 0.289. The van der Waals surface area contributed by atoms with E-state index in [1.165, 1.54) is 0 Å². The van der Waals surface area contributed by atoms with Crippen molar-refractivity contribution in [3.05, 3.63) is 53.6 Å². The fraction of sp³-hybridized carbons (Fsp3) is 0.0769. The Balaban J connectivity index is 2.11. The Morgan fingerprint density at radius 2 is 1.73 bits per heavy atom. The van der Waals surface area contributed by atoms with Crippen LogP contribution in [-0.2, 0) is 6.42 Å². The van der Waals surface area contributed by atoms with Crippen molar-refractivity contribution in [1.82, 2.24) is 0 Å². The fourth-order valence-corrected chi connectivity index (χ4v) is 1.88. The zero-order chi connectivity index (χ0) is 10.3. The van der Waals surface area contributed by atoms with Crippen molar-refractivity contribution in [3.63, 3.8) is 0 Å². The van der Waals surface area contributed by atoms with Crippen molar-refractivity contribution in [2.75, 3.05) is 0 Å². The van der Waals surface area contributed by atoms with Crippen molar-refractivity contribution in [1.29, 1.82) is 0 Å². The second kappa shape index (κ2) is 3.02. The lowest BCUT2D eigenvalue weighted by atomic mass is 10.0. The average molecular weight is 198 g/mol. The van der Waals surface area contributed by atoms with Crippen molar-refractivity contribution in [2.45, 2.75) is 6.42 Å². The number of aromatic hydroxyl groups is 1. The van der Waals surface area contributed by atoms with E-state index in [4.69, 9.17) is 4.74 Å². The van der Waals surface area contributed by atoms with Gasteiger partial charge in [-0.3, -0.25) is 0 Å². The minimum Gasteiger partial charge on any atom is -0.508 e. The Bertz CT molecular complexity index is 518. The van der Waals surface area contributed by atoms with Gasteiger partial charge in [0.1, 0.15) is 17.2 Å². The molecule has 1 aliphatic rings. The number of phenols is 1. The molecule has 0 unspecified atom stereocenters. The molecular formula is C13H10O2. The van der Waals surface area contributed by atoms with Crippen LogP contribution in [0.5, 0.6) is 17.2 Å². The third-order valence-corrected chi connectivity index (χ3v) is 2.62. The molecule has 0 spiro atoms. The van der Waals surface area contributed by atoms with Gasteiger partial charge < -0.3 is 9.84 Å².